The molecule has 3 aromatic rings. The third-order valence-electron chi connectivity index (χ3n) is 4.84. The van der Waals surface area contributed by atoms with Crippen molar-refractivity contribution >= 4 is 17.3 Å². The van der Waals surface area contributed by atoms with Crippen molar-refractivity contribution in [3.05, 3.63) is 63.2 Å². The van der Waals surface area contributed by atoms with Gasteiger partial charge >= 0.3 is 17.8 Å². The largest absolute Gasteiger partial charge is 0.490 e. The lowest BCUT2D eigenvalue weighted by Crippen LogP contribution is -2.27. The molecule has 36 heavy (non-hydrogen) atoms. The van der Waals surface area contributed by atoms with Crippen molar-refractivity contribution in [1.82, 2.24) is 14.3 Å². The van der Waals surface area contributed by atoms with Crippen LogP contribution in [0.2, 0.25) is 0 Å². The van der Waals surface area contributed by atoms with Crippen molar-refractivity contribution in [3.63, 3.8) is 0 Å². The third kappa shape index (κ3) is 6.28. The van der Waals surface area contributed by atoms with E-state index in [-0.39, 0.29) is 25.5 Å². The standard InChI is InChI=1S/C19H18F2N4O3S.C2HF3O2/c1-11-23-25(8-13(7-22)18(20)21)19(26)24(11)9-14-3-5-17(29-14)12-2-4-15-16(6-12)28-10-27-15;3-2(4,5)1(6)7/h2-6H,7-10,22H2,1H3;(H,6,7). The summed E-state index contributed by atoms with van der Waals surface area (Å²) in [6.45, 7) is 1.54. The summed E-state index contributed by atoms with van der Waals surface area (Å²) >= 11 is 1.53. The van der Waals surface area contributed by atoms with Crippen molar-refractivity contribution in [1.29, 1.82) is 0 Å². The number of hydrogen-bond acceptors (Lipinski definition) is 7. The summed E-state index contributed by atoms with van der Waals surface area (Å²) in [6.07, 6.45) is -6.96. The molecule has 4 rings (SSSR count). The van der Waals surface area contributed by atoms with Gasteiger partial charge in [0.05, 0.1) is 13.1 Å². The zero-order chi connectivity index (χ0) is 26.6. The monoisotopic (exact) mass is 534 g/mol. The Labute approximate surface area is 203 Å². The van der Waals surface area contributed by atoms with Crippen molar-refractivity contribution < 1.29 is 41.3 Å². The summed E-state index contributed by atoms with van der Waals surface area (Å²) < 4.78 is 70.7. The lowest BCUT2D eigenvalue weighted by Gasteiger charge is -2.02. The lowest BCUT2D eigenvalue weighted by atomic mass is 10.1. The molecule has 3 N–H and O–H groups in total. The third-order valence-corrected chi connectivity index (χ3v) is 5.96. The van der Waals surface area contributed by atoms with E-state index in [1.54, 1.807) is 6.92 Å². The molecule has 1 aliphatic heterocycles. The zero-order valence-electron chi connectivity index (χ0n) is 18.5. The van der Waals surface area contributed by atoms with E-state index >= 15 is 0 Å². The van der Waals surface area contributed by atoms with Gasteiger partial charge in [0.25, 0.3) is 6.08 Å². The summed E-state index contributed by atoms with van der Waals surface area (Å²) in [4.78, 5) is 23.5. The molecular weight excluding hydrogens is 515 g/mol. The van der Waals surface area contributed by atoms with Gasteiger partial charge in [0.2, 0.25) is 6.79 Å². The van der Waals surface area contributed by atoms with Crippen molar-refractivity contribution in [2.24, 2.45) is 5.73 Å². The molecule has 0 amide bonds. The summed E-state index contributed by atoms with van der Waals surface area (Å²) in [5.74, 6) is -0.887. The minimum Gasteiger partial charge on any atom is -0.475 e. The van der Waals surface area contributed by atoms with Crippen molar-refractivity contribution in [2.45, 2.75) is 26.2 Å². The maximum Gasteiger partial charge on any atom is 0.490 e. The number of carboxylic acid groups (broad SMARTS) is 1. The molecule has 0 unspecified atom stereocenters. The van der Waals surface area contributed by atoms with E-state index in [0.717, 1.165) is 25.7 Å². The van der Waals surface area contributed by atoms with Gasteiger partial charge in [-0.2, -0.15) is 27.1 Å². The minimum absolute atomic E-state index is 0.216. The normalized spacial score (nSPS) is 12.2. The Morgan fingerprint density at radius 3 is 2.47 bits per heavy atom. The van der Waals surface area contributed by atoms with E-state index in [4.69, 9.17) is 25.1 Å². The van der Waals surface area contributed by atoms with Gasteiger partial charge in [0.1, 0.15) is 5.82 Å². The van der Waals surface area contributed by atoms with Crippen LogP contribution in [0.25, 0.3) is 10.4 Å². The molecule has 0 atom stereocenters. The van der Waals surface area contributed by atoms with Gasteiger partial charge in [-0.15, -0.1) is 11.3 Å². The number of alkyl halides is 3. The quantitative estimate of drug-likeness (QED) is 0.464. The number of ether oxygens (including phenoxy) is 2. The van der Waals surface area contributed by atoms with Crippen molar-refractivity contribution in [3.8, 4) is 21.9 Å². The van der Waals surface area contributed by atoms with Crippen LogP contribution in [0.1, 0.15) is 10.7 Å². The summed E-state index contributed by atoms with van der Waals surface area (Å²) in [5.41, 5.74) is 5.56. The Bertz CT molecular complexity index is 1340. The highest BCUT2D eigenvalue weighted by Crippen LogP contribution is 2.38. The van der Waals surface area contributed by atoms with Gasteiger partial charge in [-0.1, -0.05) is 0 Å². The van der Waals surface area contributed by atoms with E-state index in [1.807, 2.05) is 30.3 Å². The molecule has 0 spiro atoms. The fourth-order valence-corrected chi connectivity index (χ4v) is 4.03. The predicted octanol–water partition coefficient (Wildman–Crippen LogP) is 3.60. The van der Waals surface area contributed by atoms with E-state index in [9.17, 15) is 26.7 Å². The van der Waals surface area contributed by atoms with Crippen molar-refractivity contribution in [2.75, 3.05) is 13.3 Å². The maximum atomic E-state index is 12.9. The Morgan fingerprint density at radius 1 is 1.19 bits per heavy atom. The van der Waals surface area contributed by atoms with Gasteiger partial charge < -0.3 is 20.3 Å². The molecule has 1 aliphatic rings. The first-order chi connectivity index (χ1) is 16.9. The second-order valence-electron chi connectivity index (χ2n) is 7.28. The molecule has 1 aromatic carbocycles. The molecule has 0 saturated carbocycles. The Kier molecular flexibility index (Phi) is 8.14. The number of aliphatic carboxylic acids is 1. The van der Waals surface area contributed by atoms with E-state index in [2.05, 4.69) is 5.10 Å². The van der Waals surface area contributed by atoms with Crippen LogP contribution in [0.3, 0.4) is 0 Å². The van der Waals surface area contributed by atoms with Crippen LogP contribution in [0.15, 0.2) is 46.8 Å². The average molecular weight is 534 g/mol. The number of nitrogens with two attached hydrogens (primary N) is 1. The first kappa shape index (κ1) is 26.9. The molecule has 9 nitrogen and oxygen atoms in total. The minimum atomic E-state index is -5.08. The molecule has 3 heterocycles. The van der Waals surface area contributed by atoms with Crippen LogP contribution in [-0.4, -0.2) is 44.9 Å². The lowest BCUT2D eigenvalue weighted by molar-refractivity contribution is -0.192. The number of thiophene rings is 1. The molecular formula is C21H19F5N4O5S. The molecule has 0 radical (unpaired) electrons. The first-order valence-corrected chi connectivity index (χ1v) is 10.9. The van der Waals surface area contributed by atoms with Gasteiger partial charge in [-0.05, 0) is 42.8 Å². The Hall–Kier alpha value is -3.72. The van der Waals surface area contributed by atoms with Crippen LogP contribution < -0.4 is 20.9 Å². The van der Waals surface area contributed by atoms with Gasteiger partial charge in [-0.3, -0.25) is 4.57 Å². The van der Waals surface area contributed by atoms with Crippen LogP contribution in [0, 0.1) is 6.92 Å². The second-order valence-corrected chi connectivity index (χ2v) is 8.45. The summed E-state index contributed by atoms with van der Waals surface area (Å²) in [7, 11) is 0. The zero-order valence-corrected chi connectivity index (χ0v) is 19.3. The molecule has 0 bridgehead atoms. The average Bonchev–Trinajstić information content (AvgIpc) is 3.53. The highest BCUT2D eigenvalue weighted by molar-refractivity contribution is 7.15. The van der Waals surface area contributed by atoms with Crippen LogP contribution in [0.4, 0.5) is 22.0 Å². The van der Waals surface area contributed by atoms with Crippen LogP contribution >= 0.6 is 11.3 Å². The fraction of sp³-hybridized carbons (Fsp3) is 0.286. The first-order valence-electron chi connectivity index (χ1n) is 10.1. The number of halogens is 5. The van der Waals surface area contributed by atoms with Gasteiger partial charge in [-0.25, -0.2) is 14.3 Å². The van der Waals surface area contributed by atoms with E-state index in [0.29, 0.717) is 18.1 Å². The summed E-state index contributed by atoms with van der Waals surface area (Å²) in [5, 5.41) is 11.2. The topological polar surface area (TPSA) is 122 Å². The highest BCUT2D eigenvalue weighted by Gasteiger charge is 2.38. The van der Waals surface area contributed by atoms with Crippen LogP contribution in [0.5, 0.6) is 11.5 Å². The molecule has 194 valence electrons. The number of hydrogen-bond donors (Lipinski definition) is 2. The SMILES string of the molecule is Cc1nn(CC(CN)=C(F)F)c(=O)n1Cc1ccc(-c2ccc3c(c2)OCO3)s1.O=C(O)C(F)(F)F. The predicted molar refractivity (Wildman–Crippen MR) is 118 cm³/mol. The van der Waals surface area contributed by atoms with Gasteiger partial charge in [0, 0.05) is 21.9 Å². The van der Waals surface area contributed by atoms with Gasteiger partial charge in [0.15, 0.2) is 11.5 Å². The molecule has 0 saturated heterocycles. The number of aryl methyl sites for hydroxylation is 1. The number of benzene rings is 1. The number of carbonyl (C=O) groups is 1. The number of aromatic nitrogens is 3. The van der Waals surface area contributed by atoms with Crippen LogP contribution in [-0.2, 0) is 17.9 Å². The Morgan fingerprint density at radius 2 is 1.86 bits per heavy atom. The number of carboxylic acids is 1. The molecule has 2 aromatic heterocycles. The number of nitrogens with zero attached hydrogens (tertiary/aromatic N) is 3. The molecule has 0 fully saturated rings. The fourth-order valence-electron chi connectivity index (χ4n) is 3.04. The van der Waals surface area contributed by atoms with E-state index < -0.39 is 23.9 Å². The number of rotatable bonds is 6. The molecule has 15 heteroatoms. The number of fused-ring (bicyclic) bond motifs is 1. The summed E-state index contributed by atoms with van der Waals surface area (Å²) in [6, 6.07) is 9.63. The smallest absolute Gasteiger partial charge is 0.475 e. The van der Waals surface area contributed by atoms with E-state index in [1.165, 1.54) is 15.9 Å². The maximum absolute atomic E-state index is 12.9. The molecule has 0 aliphatic carbocycles. The Balaban J connectivity index is 0.000000454. The highest BCUT2D eigenvalue weighted by atomic mass is 32.1. The second kappa shape index (κ2) is 10.9.